The number of halogens is 3. The summed E-state index contributed by atoms with van der Waals surface area (Å²) in [6.45, 7) is 3.46. The Bertz CT molecular complexity index is 1520. The molecule has 0 radical (unpaired) electrons. The number of aromatic nitrogens is 3. The molecule has 4 aromatic rings. The number of hydrogen-bond acceptors (Lipinski definition) is 5. The van der Waals surface area contributed by atoms with Gasteiger partial charge in [-0.25, -0.2) is 23.5 Å². The molecule has 216 valence electrons. The molecule has 1 N–H and O–H groups in total. The molecule has 2 aromatic carbocycles. The molecular weight excluding hydrogens is 552 g/mol. The van der Waals surface area contributed by atoms with E-state index in [0.717, 1.165) is 43.7 Å². The number of fused-ring (bicyclic) bond motifs is 1. The smallest absolute Gasteiger partial charge is 0.347 e. The number of rotatable bonds is 10. The Morgan fingerprint density at radius 2 is 1.83 bits per heavy atom. The van der Waals surface area contributed by atoms with Gasteiger partial charge in [-0.2, -0.15) is 0 Å². The zero-order valence-electron chi connectivity index (χ0n) is 22.9. The van der Waals surface area contributed by atoms with Gasteiger partial charge in [0.05, 0.1) is 23.3 Å². The number of benzene rings is 2. The Morgan fingerprint density at radius 1 is 1.12 bits per heavy atom. The van der Waals surface area contributed by atoms with Gasteiger partial charge in [-0.3, -0.25) is 0 Å². The van der Waals surface area contributed by atoms with E-state index in [4.69, 9.17) is 26.1 Å². The predicted molar refractivity (Wildman–Crippen MR) is 152 cm³/mol. The fraction of sp³-hybridized carbons (Fsp3) is 0.387. The molecule has 0 bridgehead atoms. The summed E-state index contributed by atoms with van der Waals surface area (Å²) in [6.07, 6.45) is 6.92. The first-order valence-electron chi connectivity index (χ1n) is 13.8. The average molecular weight is 584 g/mol. The topological polar surface area (TPSA) is 86.5 Å². The maximum Gasteiger partial charge on any atom is 0.347 e. The maximum atomic E-state index is 14.6. The number of ether oxygens (including phenoxy) is 2. The van der Waals surface area contributed by atoms with E-state index < -0.39 is 23.2 Å². The van der Waals surface area contributed by atoms with E-state index >= 15 is 0 Å². The van der Waals surface area contributed by atoms with E-state index in [9.17, 15) is 18.7 Å². The molecule has 2 atom stereocenters. The van der Waals surface area contributed by atoms with Crippen LogP contribution >= 0.6 is 11.6 Å². The molecule has 2 heterocycles. The van der Waals surface area contributed by atoms with Crippen LogP contribution in [0.15, 0.2) is 54.7 Å². The van der Waals surface area contributed by atoms with Crippen LogP contribution in [-0.2, 0) is 4.79 Å². The second-order valence-corrected chi connectivity index (χ2v) is 11.1. The Balaban J connectivity index is 1.50. The monoisotopic (exact) mass is 583 g/mol. The van der Waals surface area contributed by atoms with Crippen LogP contribution in [0.3, 0.4) is 0 Å². The van der Waals surface area contributed by atoms with E-state index in [0.29, 0.717) is 33.5 Å². The molecule has 1 saturated carbocycles. The summed E-state index contributed by atoms with van der Waals surface area (Å²) in [5.41, 5.74) is 0.235. The summed E-state index contributed by atoms with van der Waals surface area (Å²) in [7, 11) is 0. The summed E-state index contributed by atoms with van der Waals surface area (Å²) >= 11 is 6.14. The van der Waals surface area contributed by atoms with Gasteiger partial charge in [-0.1, -0.05) is 37.8 Å². The highest BCUT2D eigenvalue weighted by molar-refractivity contribution is 6.30. The molecule has 1 aliphatic rings. The summed E-state index contributed by atoms with van der Waals surface area (Å²) in [6, 6.07) is 12.5. The van der Waals surface area contributed by atoms with Gasteiger partial charge in [-0.05, 0) is 62.4 Å². The van der Waals surface area contributed by atoms with Crippen LogP contribution in [0.25, 0.3) is 22.4 Å². The predicted octanol–water partition coefficient (Wildman–Crippen LogP) is 7.86. The largest absolute Gasteiger partial charge is 0.478 e. The quantitative estimate of drug-likeness (QED) is 0.204. The molecule has 0 saturated heterocycles. The van der Waals surface area contributed by atoms with Crippen molar-refractivity contribution in [3.8, 4) is 23.0 Å². The number of hydrogen-bond donors (Lipinski definition) is 1. The molecule has 2 unspecified atom stereocenters. The van der Waals surface area contributed by atoms with Gasteiger partial charge in [-0.15, -0.1) is 0 Å². The van der Waals surface area contributed by atoms with Crippen molar-refractivity contribution >= 4 is 28.6 Å². The van der Waals surface area contributed by atoms with Crippen LogP contribution < -0.4 is 9.47 Å². The first-order chi connectivity index (χ1) is 19.7. The van der Waals surface area contributed by atoms with E-state index in [1.54, 1.807) is 31.2 Å². The molecule has 1 aliphatic carbocycles. The highest BCUT2D eigenvalue weighted by atomic mass is 35.5. The van der Waals surface area contributed by atoms with Crippen molar-refractivity contribution < 1.29 is 28.2 Å². The van der Waals surface area contributed by atoms with Crippen LogP contribution in [0.5, 0.6) is 11.6 Å². The van der Waals surface area contributed by atoms with Crippen molar-refractivity contribution in [3.05, 3.63) is 71.4 Å². The van der Waals surface area contributed by atoms with Gasteiger partial charge in [0.15, 0.2) is 11.6 Å². The number of pyridine rings is 1. The summed E-state index contributed by atoms with van der Waals surface area (Å²) in [5, 5.41) is 10.1. The van der Waals surface area contributed by atoms with E-state index in [1.807, 2.05) is 16.7 Å². The lowest BCUT2D eigenvalue weighted by atomic mass is 9.83. The third-order valence-corrected chi connectivity index (χ3v) is 8.19. The number of aliphatic carboxylic acids is 1. The van der Waals surface area contributed by atoms with Crippen molar-refractivity contribution in [2.45, 2.75) is 64.0 Å². The van der Waals surface area contributed by atoms with Crippen molar-refractivity contribution in [2.24, 2.45) is 5.92 Å². The summed E-state index contributed by atoms with van der Waals surface area (Å²) in [5.74, 6) is -1.52. The second kappa shape index (κ2) is 12.0. The van der Waals surface area contributed by atoms with Crippen LogP contribution in [0, 0.1) is 17.6 Å². The van der Waals surface area contributed by atoms with Gasteiger partial charge in [0.1, 0.15) is 18.2 Å². The molecule has 7 nitrogen and oxygen atoms in total. The number of imidazole rings is 1. The zero-order valence-corrected chi connectivity index (χ0v) is 23.7. The van der Waals surface area contributed by atoms with Gasteiger partial charge < -0.3 is 19.1 Å². The highest BCUT2D eigenvalue weighted by Gasteiger charge is 2.34. The number of carboxylic acid groups (broad SMARTS) is 1. The number of carboxylic acids is 1. The normalized spacial score (nSPS) is 16.3. The summed E-state index contributed by atoms with van der Waals surface area (Å²) < 4.78 is 42.7. The van der Waals surface area contributed by atoms with E-state index in [1.165, 1.54) is 19.2 Å². The first kappa shape index (κ1) is 28.8. The zero-order chi connectivity index (χ0) is 29.1. The lowest BCUT2D eigenvalue weighted by Gasteiger charge is -2.32. The van der Waals surface area contributed by atoms with Crippen molar-refractivity contribution in [3.63, 3.8) is 0 Å². The maximum absolute atomic E-state index is 14.6. The van der Waals surface area contributed by atoms with E-state index in [-0.39, 0.29) is 25.0 Å². The molecule has 1 fully saturated rings. The van der Waals surface area contributed by atoms with Crippen LogP contribution in [0.4, 0.5) is 8.78 Å². The van der Waals surface area contributed by atoms with Crippen LogP contribution in [0.1, 0.15) is 58.4 Å². The number of carbonyl (C=O) groups is 1. The third kappa shape index (κ3) is 6.15. The Morgan fingerprint density at radius 3 is 2.46 bits per heavy atom. The fourth-order valence-corrected chi connectivity index (χ4v) is 5.51. The van der Waals surface area contributed by atoms with Crippen LogP contribution in [0.2, 0.25) is 5.02 Å². The lowest BCUT2D eigenvalue weighted by Crippen LogP contribution is -2.40. The van der Waals surface area contributed by atoms with Gasteiger partial charge in [0.25, 0.3) is 0 Å². The molecule has 10 heteroatoms. The first-order valence-corrected chi connectivity index (χ1v) is 14.2. The summed E-state index contributed by atoms with van der Waals surface area (Å²) in [4.78, 5) is 20.7. The number of nitrogens with zero attached hydrogens (tertiary/aromatic N) is 3. The minimum atomic E-state index is -1.37. The van der Waals surface area contributed by atoms with E-state index in [2.05, 4.69) is 4.98 Å². The fourth-order valence-electron chi connectivity index (χ4n) is 5.38. The molecule has 0 amide bonds. The van der Waals surface area contributed by atoms with Gasteiger partial charge >= 0.3 is 5.97 Å². The lowest BCUT2D eigenvalue weighted by molar-refractivity contribution is -0.154. The Hall–Kier alpha value is -3.72. The SMILES string of the molecule is CCC(C)(Oc1ccc(OCC(C2CCCCC2)n2c(-c3ccc(Cl)cc3)nc3cc(F)c(F)cc32)nc1)C(=O)O. The molecule has 0 spiro atoms. The molecular formula is C31H32ClF2N3O4. The Labute approximate surface area is 242 Å². The minimum absolute atomic E-state index is 0.212. The third-order valence-electron chi connectivity index (χ3n) is 7.94. The van der Waals surface area contributed by atoms with Crippen LogP contribution in [-0.4, -0.2) is 37.8 Å². The Kier molecular flexibility index (Phi) is 8.45. The van der Waals surface area contributed by atoms with Crippen molar-refractivity contribution in [1.29, 1.82) is 0 Å². The molecule has 0 aliphatic heterocycles. The molecule has 2 aromatic heterocycles. The van der Waals surface area contributed by atoms with Gasteiger partial charge in [0, 0.05) is 28.8 Å². The van der Waals surface area contributed by atoms with Crippen molar-refractivity contribution in [2.75, 3.05) is 6.61 Å². The van der Waals surface area contributed by atoms with Gasteiger partial charge in [0.2, 0.25) is 11.5 Å². The molecule has 5 rings (SSSR count). The molecule has 41 heavy (non-hydrogen) atoms. The highest BCUT2D eigenvalue weighted by Crippen LogP contribution is 2.39. The average Bonchev–Trinajstić information content (AvgIpc) is 3.32. The standard InChI is InChI=1S/C31H32ClF2N3O4/c1-3-31(2,30(38)39)41-22-13-14-28(35-17-22)40-18-27(19-7-5-4-6-8-19)37-26-16-24(34)23(33)15-25(26)36-29(37)20-9-11-21(32)12-10-20/h9-17,19,27H,3-8,18H2,1-2H3,(H,38,39). The second-order valence-electron chi connectivity index (χ2n) is 10.7. The minimum Gasteiger partial charge on any atom is -0.478 e. The van der Waals surface area contributed by atoms with Crippen molar-refractivity contribution in [1.82, 2.24) is 14.5 Å².